The number of rotatable bonds is 5. The molecule has 130 valence electrons. The maximum Gasteiger partial charge on any atom is 0.180 e. The summed E-state index contributed by atoms with van der Waals surface area (Å²) in [5.74, 6) is 0. The smallest absolute Gasteiger partial charge is 0.180 e. The third kappa shape index (κ3) is 3.10. The van der Waals surface area contributed by atoms with E-state index in [2.05, 4.69) is 0 Å². The second-order valence-corrected chi connectivity index (χ2v) is 11.1. The predicted molar refractivity (Wildman–Crippen MR) is 113 cm³/mol. The molecule has 0 saturated carbocycles. The number of hydrogen-bond donors (Lipinski definition) is 1. The van der Waals surface area contributed by atoms with Gasteiger partial charge in [-0.15, -0.1) is 22.7 Å². The normalized spacial score (nSPS) is 11.6. The molecule has 0 aliphatic rings. The van der Waals surface area contributed by atoms with Crippen molar-refractivity contribution in [2.24, 2.45) is 0 Å². The highest BCUT2D eigenvalue weighted by atomic mass is 32.1. The van der Waals surface area contributed by atoms with E-state index in [1.807, 2.05) is 84.9 Å². The minimum absolute atomic E-state index is 0.0510. The molecule has 0 amide bonds. The molecule has 0 unspecified atom stereocenters. The van der Waals surface area contributed by atoms with Crippen molar-refractivity contribution in [1.82, 2.24) is 0 Å². The quantitative estimate of drug-likeness (QED) is 0.500. The predicted octanol–water partition coefficient (Wildman–Crippen LogP) is 4.61. The number of aliphatic hydroxyl groups excluding tert-OH is 1. The minimum Gasteiger partial charge on any atom is -0.391 e. The summed E-state index contributed by atoms with van der Waals surface area (Å²) >= 11 is 3.14. The lowest BCUT2D eigenvalue weighted by Gasteiger charge is -2.17. The van der Waals surface area contributed by atoms with Gasteiger partial charge in [-0.2, -0.15) is 0 Å². The Morgan fingerprint density at radius 1 is 0.692 bits per heavy atom. The van der Waals surface area contributed by atoms with Crippen molar-refractivity contribution in [2.45, 2.75) is 6.61 Å². The summed E-state index contributed by atoms with van der Waals surface area (Å²) in [5, 5.41) is 11.0. The maximum absolute atomic E-state index is 14.3. The fourth-order valence-electron chi connectivity index (χ4n) is 2.90. The molecule has 0 bridgehead atoms. The van der Waals surface area contributed by atoms with Crippen LogP contribution in [0.1, 0.15) is 4.88 Å². The Morgan fingerprint density at radius 3 is 1.77 bits per heavy atom. The molecule has 0 spiro atoms. The lowest BCUT2D eigenvalue weighted by atomic mass is 10.4. The van der Waals surface area contributed by atoms with Crippen molar-refractivity contribution >= 4 is 45.0 Å². The largest absolute Gasteiger partial charge is 0.391 e. The van der Waals surface area contributed by atoms with Crippen molar-refractivity contribution in [2.75, 3.05) is 0 Å². The Morgan fingerprint density at radius 2 is 1.23 bits per heavy atom. The van der Waals surface area contributed by atoms with Crippen LogP contribution in [0.3, 0.4) is 0 Å². The number of benzene rings is 2. The Balaban J connectivity index is 1.85. The molecule has 0 fully saturated rings. The van der Waals surface area contributed by atoms with Crippen LogP contribution >= 0.6 is 29.8 Å². The van der Waals surface area contributed by atoms with E-state index >= 15 is 0 Å². The van der Waals surface area contributed by atoms with Gasteiger partial charge < -0.3 is 9.67 Å². The van der Waals surface area contributed by atoms with Gasteiger partial charge in [0.05, 0.1) is 11.2 Å². The molecule has 2 nitrogen and oxygen atoms in total. The van der Waals surface area contributed by atoms with E-state index in [1.54, 1.807) is 22.7 Å². The number of hydrogen-bond acceptors (Lipinski definition) is 4. The molecule has 5 heteroatoms. The third-order valence-electron chi connectivity index (χ3n) is 4.20. The van der Waals surface area contributed by atoms with Crippen LogP contribution in [0.4, 0.5) is 0 Å². The van der Waals surface area contributed by atoms with Crippen LogP contribution < -0.4 is 15.2 Å². The van der Waals surface area contributed by atoms with Gasteiger partial charge in [0.2, 0.25) is 0 Å². The van der Waals surface area contributed by atoms with Gasteiger partial charge >= 0.3 is 0 Å². The summed E-state index contributed by atoms with van der Waals surface area (Å²) < 4.78 is 15.2. The van der Waals surface area contributed by atoms with Gasteiger partial charge in [0.15, 0.2) is 7.14 Å². The molecule has 1 N–H and O–H groups in total. The molecule has 2 aromatic heterocycles. The van der Waals surface area contributed by atoms with E-state index in [0.29, 0.717) is 0 Å². The Hall–Kier alpha value is -1.97. The molecule has 0 aliphatic carbocycles. The lowest BCUT2D eigenvalue weighted by Crippen LogP contribution is -2.22. The van der Waals surface area contributed by atoms with Crippen LogP contribution in [0.15, 0.2) is 84.9 Å². The van der Waals surface area contributed by atoms with E-state index in [9.17, 15) is 9.67 Å². The lowest BCUT2D eigenvalue weighted by molar-refractivity contribution is 0.285. The SMILES string of the molecule is O=P(c1ccccc1)(c1ccccc1)c1ccc(-c2ccc(CO)s2)s1. The molecule has 0 saturated heterocycles. The van der Waals surface area contributed by atoms with Crippen LogP contribution in [-0.2, 0) is 11.2 Å². The second-order valence-electron chi connectivity index (χ2n) is 5.84. The van der Waals surface area contributed by atoms with Gasteiger partial charge in [-0.1, -0.05) is 60.7 Å². The monoisotopic (exact) mass is 396 g/mol. The molecule has 0 radical (unpaired) electrons. The van der Waals surface area contributed by atoms with Crippen LogP contribution in [0.2, 0.25) is 0 Å². The average Bonchev–Trinajstić information content (AvgIpc) is 3.38. The molecular weight excluding hydrogens is 379 g/mol. The first kappa shape index (κ1) is 17.4. The first-order chi connectivity index (χ1) is 12.7. The van der Waals surface area contributed by atoms with E-state index in [-0.39, 0.29) is 6.61 Å². The van der Waals surface area contributed by atoms with Crippen molar-refractivity contribution in [3.63, 3.8) is 0 Å². The van der Waals surface area contributed by atoms with Crippen LogP contribution in [0, 0.1) is 0 Å². The van der Waals surface area contributed by atoms with Gasteiger partial charge in [0, 0.05) is 25.2 Å². The summed E-state index contributed by atoms with van der Waals surface area (Å²) in [6.07, 6.45) is 0. The first-order valence-corrected chi connectivity index (χ1v) is 11.6. The Kier molecular flexibility index (Phi) is 4.92. The highest BCUT2D eigenvalue weighted by Crippen LogP contribution is 2.46. The highest BCUT2D eigenvalue weighted by Gasteiger charge is 2.31. The summed E-state index contributed by atoms with van der Waals surface area (Å²) in [6, 6.07) is 27.4. The molecular formula is C21H17O2PS2. The van der Waals surface area contributed by atoms with Crippen LogP contribution in [0.25, 0.3) is 9.75 Å². The zero-order valence-corrected chi connectivity index (χ0v) is 16.4. The van der Waals surface area contributed by atoms with E-state index < -0.39 is 7.14 Å². The van der Waals surface area contributed by atoms with E-state index in [4.69, 9.17) is 0 Å². The second kappa shape index (κ2) is 7.34. The third-order valence-corrected chi connectivity index (χ3v) is 10.2. The zero-order chi connectivity index (χ0) is 18.0. The Labute approximate surface area is 160 Å². The van der Waals surface area contributed by atoms with E-state index in [0.717, 1.165) is 29.9 Å². The molecule has 0 aliphatic heterocycles. The van der Waals surface area contributed by atoms with Crippen molar-refractivity contribution in [3.8, 4) is 9.75 Å². The van der Waals surface area contributed by atoms with E-state index in [1.165, 1.54) is 0 Å². The van der Waals surface area contributed by atoms with Crippen molar-refractivity contribution in [1.29, 1.82) is 0 Å². The maximum atomic E-state index is 14.3. The summed E-state index contributed by atoms with van der Waals surface area (Å²) in [7, 11) is -2.90. The average molecular weight is 396 g/mol. The first-order valence-electron chi connectivity index (χ1n) is 8.23. The topological polar surface area (TPSA) is 37.3 Å². The summed E-state index contributed by atoms with van der Waals surface area (Å²) in [5.41, 5.74) is 0. The van der Waals surface area contributed by atoms with Gasteiger partial charge in [0.1, 0.15) is 0 Å². The van der Waals surface area contributed by atoms with Crippen molar-refractivity contribution < 1.29 is 9.67 Å². The Bertz CT molecular complexity index is 1010. The van der Waals surface area contributed by atoms with Gasteiger partial charge in [-0.3, -0.25) is 0 Å². The number of thiophene rings is 2. The number of aliphatic hydroxyl groups is 1. The molecule has 4 rings (SSSR count). The van der Waals surface area contributed by atoms with Crippen LogP contribution in [-0.4, -0.2) is 5.11 Å². The summed E-state index contributed by atoms with van der Waals surface area (Å²) in [6.45, 7) is 0.0510. The minimum atomic E-state index is -2.90. The van der Waals surface area contributed by atoms with Gasteiger partial charge in [-0.05, 0) is 24.3 Å². The summed E-state index contributed by atoms with van der Waals surface area (Å²) in [4.78, 5) is 3.11. The molecule has 0 atom stereocenters. The fraction of sp³-hybridized carbons (Fsp3) is 0.0476. The molecule has 26 heavy (non-hydrogen) atoms. The van der Waals surface area contributed by atoms with Gasteiger partial charge in [-0.25, -0.2) is 0 Å². The zero-order valence-electron chi connectivity index (χ0n) is 13.9. The molecule has 4 aromatic rings. The fourth-order valence-corrected chi connectivity index (χ4v) is 8.33. The standard InChI is InChI=1S/C21H17O2PS2/c22-15-18-11-12-19(25-18)20-13-14-21(26-20)24(23,16-7-3-1-4-8-16)17-9-5-2-6-10-17/h1-14,22H,15H2. The van der Waals surface area contributed by atoms with Crippen LogP contribution in [0.5, 0.6) is 0 Å². The molecule has 2 heterocycles. The molecule has 2 aromatic carbocycles. The highest BCUT2D eigenvalue weighted by molar-refractivity contribution is 7.89. The van der Waals surface area contributed by atoms with Gasteiger partial charge in [0.25, 0.3) is 0 Å². The van der Waals surface area contributed by atoms with Crippen molar-refractivity contribution in [3.05, 3.63) is 89.8 Å².